The molecule has 0 aromatic heterocycles. The number of hydrogen-bond donors (Lipinski definition) is 3. The van der Waals surface area contributed by atoms with Crippen LogP contribution in [0.1, 0.15) is 11.1 Å². The SMILES string of the molecule is C#CCNCC(=O)Nc1cc(C)cc(C)c1O. The van der Waals surface area contributed by atoms with Gasteiger partial charge in [-0.3, -0.25) is 10.1 Å². The van der Waals surface area contributed by atoms with Gasteiger partial charge in [-0.1, -0.05) is 12.0 Å². The van der Waals surface area contributed by atoms with Crippen molar-refractivity contribution in [1.82, 2.24) is 5.32 Å². The van der Waals surface area contributed by atoms with Crippen LogP contribution in [0, 0.1) is 26.2 Å². The normalized spacial score (nSPS) is 9.71. The van der Waals surface area contributed by atoms with Gasteiger partial charge in [-0.25, -0.2) is 0 Å². The molecule has 0 unspecified atom stereocenters. The van der Waals surface area contributed by atoms with E-state index in [-0.39, 0.29) is 18.2 Å². The zero-order chi connectivity index (χ0) is 12.8. The molecule has 1 aromatic carbocycles. The van der Waals surface area contributed by atoms with E-state index in [0.29, 0.717) is 12.2 Å². The van der Waals surface area contributed by atoms with Gasteiger partial charge in [-0.15, -0.1) is 6.42 Å². The fourth-order valence-corrected chi connectivity index (χ4v) is 1.50. The van der Waals surface area contributed by atoms with Crippen LogP contribution >= 0.6 is 0 Å². The molecule has 0 atom stereocenters. The average Bonchev–Trinajstić information content (AvgIpc) is 2.25. The summed E-state index contributed by atoms with van der Waals surface area (Å²) >= 11 is 0. The van der Waals surface area contributed by atoms with Crippen molar-refractivity contribution in [3.63, 3.8) is 0 Å². The number of benzene rings is 1. The molecule has 0 saturated heterocycles. The zero-order valence-corrected chi connectivity index (χ0v) is 10.0. The predicted octanol–water partition coefficient (Wildman–Crippen LogP) is 1.17. The fourth-order valence-electron chi connectivity index (χ4n) is 1.50. The van der Waals surface area contributed by atoms with Crippen LogP contribution < -0.4 is 10.6 Å². The molecule has 0 aliphatic rings. The van der Waals surface area contributed by atoms with E-state index in [9.17, 15) is 9.90 Å². The maximum absolute atomic E-state index is 11.5. The number of rotatable bonds is 4. The summed E-state index contributed by atoms with van der Waals surface area (Å²) in [4.78, 5) is 11.5. The highest BCUT2D eigenvalue weighted by atomic mass is 16.3. The van der Waals surface area contributed by atoms with E-state index in [1.807, 2.05) is 13.0 Å². The van der Waals surface area contributed by atoms with Crippen molar-refractivity contribution in [2.45, 2.75) is 13.8 Å². The lowest BCUT2D eigenvalue weighted by Gasteiger charge is -2.10. The number of amides is 1. The minimum absolute atomic E-state index is 0.0981. The van der Waals surface area contributed by atoms with E-state index < -0.39 is 0 Å². The zero-order valence-electron chi connectivity index (χ0n) is 10.0. The van der Waals surface area contributed by atoms with E-state index in [1.165, 1.54) is 0 Å². The monoisotopic (exact) mass is 232 g/mol. The van der Waals surface area contributed by atoms with Crippen LogP contribution in [-0.4, -0.2) is 24.1 Å². The van der Waals surface area contributed by atoms with Crippen LogP contribution in [0.4, 0.5) is 5.69 Å². The first-order valence-corrected chi connectivity index (χ1v) is 5.29. The quantitative estimate of drug-likeness (QED) is 0.415. The molecule has 0 saturated carbocycles. The summed E-state index contributed by atoms with van der Waals surface area (Å²) < 4.78 is 0. The second-order valence-corrected chi connectivity index (χ2v) is 3.83. The van der Waals surface area contributed by atoms with Gasteiger partial charge in [0, 0.05) is 0 Å². The summed E-state index contributed by atoms with van der Waals surface area (Å²) in [5.74, 6) is 2.24. The van der Waals surface area contributed by atoms with Crippen molar-refractivity contribution in [1.29, 1.82) is 0 Å². The predicted molar refractivity (Wildman–Crippen MR) is 67.9 cm³/mol. The number of carbonyl (C=O) groups is 1. The molecular weight excluding hydrogens is 216 g/mol. The van der Waals surface area contributed by atoms with E-state index in [0.717, 1.165) is 11.1 Å². The third kappa shape index (κ3) is 3.82. The van der Waals surface area contributed by atoms with E-state index in [2.05, 4.69) is 16.6 Å². The summed E-state index contributed by atoms with van der Waals surface area (Å²) in [5, 5.41) is 15.2. The van der Waals surface area contributed by atoms with Crippen LogP contribution in [0.25, 0.3) is 0 Å². The Bertz CT molecular complexity index is 461. The lowest BCUT2D eigenvalue weighted by atomic mass is 10.1. The number of hydrogen-bond acceptors (Lipinski definition) is 3. The number of anilines is 1. The second-order valence-electron chi connectivity index (χ2n) is 3.83. The van der Waals surface area contributed by atoms with Crippen molar-refractivity contribution >= 4 is 11.6 Å². The largest absolute Gasteiger partial charge is 0.505 e. The number of aryl methyl sites for hydroxylation is 2. The lowest BCUT2D eigenvalue weighted by Crippen LogP contribution is -2.28. The highest BCUT2D eigenvalue weighted by molar-refractivity contribution is 5.94. The Hall–Kier alpha value is -1.99. The summed E-state index contributed by atoms with van der Waals surface area (Å²) in [6, 6.07) is 3.57. The number of phenolic OH excluding ortho intramolecular Hbond substituents is 1. The van der Waals surface area contributed by atoms with Crippen LogP contribution in [0.5, 0.6) is 5.75 Å². The average molecular weight is 232 g/mol. The van der Waals surface area contributed by atoms with Crippen molar-refractivity contribution in [3.8, 4) is 18.1 Å². The van der Waals surface area contributed by atoms with Crippen LogP contribution in [0.15, 0.2) is 12.1 Å². The van der Waals surface area contributed by atoms with Crippen molar-refractivity contribution in [2.24, 2.45) is 0 Å². The van der Waals surface area contributed by atoms with Gasteiger partial charge in [-0.05, 0) is 31.0 Å². The molecule has 1 rings (SSSR count). The molecule has 4 nitrogen and oxygen atoms in total. The number of nitrogens with one attached hydrogen (secondary N) is 2. The van der Waals surface area contributed by atoms with E-state index >= 15 is 0 Å². The second kappa shape index (κ2) is 5.92. The highest BCUT2D eigenvalue weighted by Crippen LogP contribution is 2.28. The Morgan fingerprint density at radius 3 is 2.82 bits per heavy atom. The molecule has 0 aliphatic heterocycles. The third-order valence-corrected chi connectivity index (χ3v) is 2.23. The molecular formula is C13H16N2O2. The number of terminal acetylenes is 1. The van der Waals surface area contributed by atoms with Gasteiger partial charge >= 0.3 is 0 Å². The number of carbonyl (C=O) groups excluding carboxylic acids is 1. The van der Waals surface area contributed by atoms with Gasteiger partial charge in [0.2, 0.25) is 5.91 Å². The molecule has 0 heterocycles. The lowest BCUT2D eigenvalue weighted by molar-refractivity contribution is -0.115. The van der Waals surface area contributed by atoms with Gasteiger partial charge in [0.05, 0.1) is 18.8 Å². The Morgan fingerprint density at radius 1 is 1.47 bits per heavy atom. The molecule has 0 aliphatic carbocycles. The van der Waals surface area contributed by atoms with Crippen molar-refractivity contribution in [3.05, 3.63) is 23.3 Å². The van der Waals surface area contributed by atoms with Crippen molar-refractivity contribution in [2.75, 3.05) is 18.4 Å². The Balaban J connectivity index is 2.69. The van der Waals surface area contributed by atoms with E-state index in [4.69, 9.17) is 6.42 Å². The fraction of sp³-hybridized carbons (Fsp3) is 0.308. The summed E-state index contributed by atoms with van der Waals surface area (Å²) in [7, 11) is 0. The highest BCUT2D eigenvalue weighted by Gasteiger charge is 2.08. The first-order valence-electron chi connectivity index (χ1n) is 5.29. The first kappa shape index (κ1) is 13.1. The van der Waals surface area contributed by atoms with Crippen LogP contribution in [0.2, 0.25) is 0 Å². The molecule has 0 bridgehead atoms. The molecule has 0 radical (unpaired) electrons. The minimum Gasteiger partial charge on any atom is -0.505 e. The summed E-state index contributed by atoms with van der Waals surface area (Å²) in [6.07, 6.45) is 5.05. The third-order valence-electron chi connectivity index (χ3n) is 2.23. The van der Waals surface area contributed by atoms with Gasteiger partial charge in [0.15, 0.2) is 0 Å². The molecule has 1 aromatic rings. The maximum atomic E-state index is 11.5. The number of aromatic hydroxyl groups is 1. The van der Waals surface area contributed by atoms with Gasteiger partial charge in [0.1, 0.15) is 5.75 Å². The molecule has 1 amide bonds. The minimum atomic E-state index is -0.236. The smallest absolute Gasteiger partial charge is 0.238 e. The topological polar surface area (TPSA) is 61.4 Å². The molecule has 0 fully saturated rings. The van der Waals surface area contributed by atoms with Crippen molar-refractivity contribution < 1.29 is 9.90 Å². The van der Waals surface area contributed by atoms with Crippen LogP contribution in [-0.2, 0) is 4.79 Å². The molecule has 4 heteroatoms. The van der Waals surface area contributed by atoms with Gasteiger partial charge in [-0.2, -0.15) is 0 Å². The van der Waals surface area contributed by atoms with Gasteiger partial charge in [0.25, 0.3) is 0 Å². The number of phenols is 1. The Labute approximate surface area is 101 Å². The summed E-state index contributed by atoms with van der Waals surface area (Å²) in [6.45, 7) is 4.15. The molecule has 3 N–H and O–H groups in total. The molecule has 17 heavy (non-hydrogen) atoms. The van der Waals surface area contributed by atoms with Crippen LogP contribution in [0.3, 0.4) is 0 Å². The molecule has 0 spiro atoms. The first-order chi connectivity index (χ1) is 8.04. The van der Waals surface area contributed by atoms with E-state index in [1.54, 1.807) is 13.0 Å². The Kier molecular flexibility index (Phi) is 4.56. The summed E-state index contributed by atoms with van der Waals surface area (Å²) in [5.41, 5.74) is 2.14. The van der Waals surface area contributed by atoms with Gasteiger partial charge < -0.3 is 10.4 Å². The maximum Gasteiger partial charge on any atom is 0.238 e. The molecule has 90 valence electrons. The standard InChI is InChI=1S/C13H16N2O2/c1-4-5-14-8-12(16)15-11-7-9(2)6-10(3)13(11)17/h1,6-7,14,17H,5,8H2,2-3H3,(H,15,16). The Morgan fingerprint density at radius 2 is 2.18 bits per heavy atom.